The van der Waals surface area contributed by atoms with Gasteiger partial charge in [-0.25, -0.2) is 0 Å². The van der Waals surface area contributed by atoms with Gasteiger partial charge >= 0.3 is 5.97 Å². The molecule has 2 heteroatoms. The van der Waals surface area contributed by atoms with E-state index in [1.807, 2.05) is 24.3 Å². The van der Waals surface area contributed by atoms with Gasteiger partial charge in [0.1, 0.15) is 5.75 Å². The molecule has 0 saturated heterocycles. The van der Waals surface area contributed by atoms with Gasteiger partial charge in [0.2, 0.25) is 0 Å². The van der Waals surface area contributed by atoms with Gasteiger partial charge in [0, 0.05) is 6.42 Å². The molecule has 0 aliphatic rings. The van der Waals surface area contributed by atoms with Crippen LogP contribution in [0.2, 0.25) is 0 Å². The number of carbonyl (C=O) groups is 1. The summed E-state index contributed by atoms with van der Waals surface area (Å²) >= 11 is 0. The Morgan fingerprint density at radius 1 is 0.720 bits per heavy atom. The van der Waals surface area contributed by atoms with E-state index < -0.39 is 0 Å². The molecule has 3 aromatic carbocycles. The van der Waals surface area contributed by atoms with Crippen molar-refractivity contribution < 1.29 is 9.53 Å². The van der Waals surface area contributed by atoms with Crippen LogP contribution in [0.4, 0.5) is 0 Å². The van der Waals surface area contributed by atoms with E-state index in [4.69, 9.17) is 4.74 Å². The van der Waals surface area contributed by atoms with Gasteiger partial charge in [0.05, 0.1) is 0 Å². The van der Waals surface area contributed by atoms with E-state index in [0.29, 0.717) is 18.6 Å². The summed E-state index contributed by atoms with van der Waals surface area (Å²) in [7, 11) is 0. The fraction of sp³-hybridized carbons (Fsp3) is 0.174. The molecule has 0 atom stereocenters. The fourth-order valence-electron chi connectivity index (χ4n) is 2.65. The van der Waals surface area contributed by atoms with Crippen LogP contribution in [0.3, 0.4) is 0 Å². The van der Waals surface area contributed by atoms with E-state index in [0.717, 1.165) is 16.7 Å². The molecule has 0 aromatic heterocycles. The third-order valence-electron chi connectivity index (χ3n) is 4.21. The van der Waals surface area contributed by atoms with Crippen molar-refractivity contribution in [3.63, 3.8) is 0 Å². The summed E-state index contributed by atoms with van der Waals surface area (Å²) in [6.45, 7) is 4.13. The first kappa shape index (κ1) is 17.0. The number of hydrogen-bond acceptors (Lipinski definition) is 2. The number of carbonyl (C=O) groups excluding carboxylic acids is 1. The first-order valence-electron chi connectivity index (χ1n) is 8.53. The van der Waals surface area contributed by atoms with Gasteiger partial charge in [-0.1, -0.05) is 71.8 Å². The van der Waals surface area contributed by atoms with Crippen LogP contribution in [0.25, 0.3) is 11.1 Å². The van der Waals surface area contributed by atoms with Gasteiger partial charge in [-0.05, 0) is 49.1 Å². The molecule has 0 bridgehead atoms. The third kappa shape index (κ3) is 4.80. The quantitative estimate of drug-likeness (QED) is 0.455. The maximum atomic E-state index is 12.0. The van der Waals surface area contributed by atoms with Crippen LogP contribution in [-0.4, -0.2) is 5.97 Å². The molecule has 0 saturated carbocycles. The van der Waals surface area contributed by atoms with E-state index in [-0.39, 0.29) is 5.97 Å². The Labute approximate surface area is 149 Å². The number of benzene rings is 3. The minimum atomic E-state index is -0.205. The van der Waals surface area contributed by atoms with Crippen molar-refractivity contribution in [2.75, 3.05) is 0 Å². The van der Waals surface area contributed by atoms with Gasteiger partial charge in [-0.3, -0.25) is 4.79 Å². The smallest absolute Gasteiger partial charge is 0.311 e. The van der Waals surface area contributed by atoms with Gasteiger partial charge in [0.15, 0.2) is 0 Å². The second-order valence-electron chi connectivity index (χ2n) is 6.35. The SMILES string of the molecule is Cc1ccc(CCC(=O)Oc2ccc(-c3ccc(C)cc3)cc2)cc1. The lowest BCUT2D eigenvalue weighted by atomic mass is 10.0. The molecule has 0 radical (unpaired) electrons. The highest BCUT2D eigenvalue weighted by Crippen LogP contribution is 2.23. The second-order valence-corrected chi connectivity index (χ2v) is 6.35. The molecule has 3 aromatic rings. The second kappa shape index (κ2) is 7.80. The first-order valence-corrected chi connectivity index (χ1v) is 8.53. The highest BCUT2D eigenvalue weighted by atomic mass is 16.5. The summed E-state index contributed by atoms with van der Waals surface area (Å²) in [5.74, 6) is 0.383. The Hall–Kier alpha value is -2.87. The van der Waals surface area contributed by atoms with E-state index in [1.54, 1.807) is 0 Å². The summed E-state index contributed by atoms with van der Waals surface area (Å²) in [6, 6.07) is 24.3. The summed E-state index contributed by atoms with van der Waals surface area (Å²) in [5, 5.41) is 0. The number of aryl methyl sites for hydroxylation is 3. The van der Waals surface area contributed by atoms with Crippen molar-refractivity contribution in [1.29, 1.82) is 0 Å². The molecule has 0 amide bonds. The van der Waals surface area contributed by atoms with Crippen molar-refractivity contribution in [1.82, 2.24) is 0 Å². The minimum absolute atomic E-state index is 0.205. The molecule has 0 heterocycles. The van der Waals surface area contributed by atoms with Crippen LogP contribution in [0, 0.1) is 13.8 Å². The summed E-state index contributed by atoms with van der Waals surface area (Å²) in [4.78, 5) is 12.0. The Balaban J connectivity index is 1.56. The summed E-state index contributed by atoms with van der Waals surface area (Å²) in [5.41, 5.74) is 5.88. The topological polar surface area (TPSA) is 26.3 Å². The fourth-order valence-corrected chi connectivity index (χ4v) is 2.65. The predicted octanol–water partition coefficient (Wildman–Crippen LogP) is 5.51. The molecule has 0 fully saturated rings. The van der Waals surface area contributed by atoms with Crippen LogP contribution < -0.4 is 4.74 Å². The monoisotopic (exact) mass is 330 g/mol. The summed E-state index contributed by atoms with van der Waals surface area (Å²) in [6.07, 6.45) is 1.07. The number of hydrogen-bond donors (Lipinski definition) is 0. The van der Waals surface area contributed by atoms with Crippen molar-refractivity contribution in [2.24, 2.45) is 0 Å². The molecule has 0 unspecified atom stereocenters. The third-order valence-corrected chi connectivity index (χ3v) is 4.21. The van der Waals surface area contributed by atoms with Crippen LogP contribution in [0.5, 0.6) is 5.75 Å². The van der Waals surface area contributed by atoms with Crippen molar-refractivity contribution in [2.45, 2.75) is 26.7 Å². The number of esters is 1. The Bertz CT molecular complexity index is 829. The summed E-state index contributed by atoms with van der Waals surface area (Å²) < 4.78 is 5.43. The lowest BCUT2D eigenvalue weighted by Crippen LogP contribution is -2.08. The highest BCUT2D eigenvalue weighted by Gasteiger charge is 2.06. The van der Waals surface area contributed by atoms with Crippen LogP contribution in [-0.2, 0) is 11.2 Å². The molecule has 0 N–H and O–H groups in total. The van der Waals surface area contributed by atoms with Gasteiger partial charge < -0.3 is 4.74 Å². The van der Waals surface area contributed by atoms with Gasteiger partial charge in [-0.2, -0.15) is 0 Å². The van der Waals surface area contributed by atoms with Gasteiger partial charge in [0.25, 0.3) is 0 Å². The Morgan fingerprint density at radius 3 is 1.76 bits per heavy atom. The molecule has 2 nitrogen and oxygen atoms in total. The zero-order chi connectivity index (χ0) is 17.6. The average molecular weight is 330 g/mol. The van der Waals surface area contributed by atoms with E-state index in [2.05, 4.69) is 62.4 Å². The predicted molar refractivity (Wildman–Crippen MR) is 102 cm³/mol. The largest absolute Gasteiger partial charge is 0.427 e. The highest BCUT2D eigenvalue weighted by molar-refractivity contribution is 5.73. The molecular weight excluding hydrogens is 308 g/mol. The van der Waals surface area contributed by atoms with Crippen molar-refractivity contribution in [3.05, 3.63) is 89.5 Å². The molecule has 0 aliphatic heterocycles. The van der Waals surface area contributed by atoms with E-state index >= 15 is 0 Å². The Kier molecular flexibility index (Phi) is 5.30. The van der Waals surface area contributed by atoms with Crippen LogP contribution in [0.1, 0.15) is 23.1 Å². The molecule has 0 aliphatic carbocycles. The molecule has 3 rings (SSSR count). The lowest BCUT2D eigenvalue weighted by molar-refractivity contribution is -0.134. The number of rotatable bonds is 5. The van der Waals surface area contributed by atoms with Crippen molar-refractivity contribution >= 4 is 5.97 Å². The Morgan fingerprint density at radius 2 is 1.20 bits per heavy atom. The van der Waals surface area contributed by atoms with Crippen molar-refractivity contribution in [3.8, 4) is 16.9 Å². The standard InChI is InChI=1S/C23H22O2/c1-17-3-7-19(8-4-17)9-16-23(24)25-22-14-12-21(13-15-22)20-10-5-18(2)6-11-20/h3-8,10-15H,9,16H2,1-2H3. The van der Waals surface area contributed by atoms with E-state index in [9.17, 15) is 4.79 Å². The van der Waals surface area contributed by atoms with E-state index in [1.165, 1.54) is 11.1 Å². The molecule has 25 heavy (non-hydrogen) atoms. The maximum absolute atomic E-state index is 12.0. The zero-order valence-corrected chi connectivity index (χ0v) is 14.7. The average Bonchev–Trinajstić information content (AvgIpc) is 2.63. The molecule has 126 valence electrons. The maximum Gasteiger partial charge on any atom is 0.311 e. The first-order chi connectivity index (χ1) is 12.1. The molecule has 0 spiro atoms. The minimum Gasteiger partial charge on any atom is -0.427 e. The zero-order valence-electron chi connectivity index (χ0n) is 14.7. The van der Waals surface area contributed by atoms with Crippen LogP contribution in [0.15, 0.2) is 72.8 Å². The lowest BCUT2D eigenvalue weighted by Gasteiger charge is -2.07. The number of ether oxygens (including phenoxy) is 1. The van der Waals surface area contributed by atoms with Gasteiger partial charge in [-0.15, -0.1) is 0 Å². The molecular formula is C23H22O2. The van der Waals surface area contributed by atoms with Crippen LogP contribution >= 0.6 is 0 Å². The normalized spacial score (nSPS) is 10.5.